The molecule has 0 saturated heterocycles. The number of alkyl halides is 2. The lowest BCUT2D eigenvalue weighted by molar-refractivity contribution is 0.107. The fourth-order valence-corrected chi connectivity index (χ4v) is 1.33. The number of halogens is 3. The SMILES string of the molecule is Cc1c(C(=O)Cl)ncc(C(F)F)c1C#N. The van der Waals surface area contributed by atoms with Crippen LogP contribution in [0, 0.1) is 18.3 Å². The number of pyridine rings is 1. The molecule has 0 unspecified atom stereocenters. The summed E-state index contributed by atoms with van der Waals surface area (Å²) in [4.78, 5) is 14.3. The van der Waals surface area contributed by atoms with Crippen LogP contribution in [0.2, 0.25) is 0 Å². The molecule has 1 rings (SSSR count). The van der Waals surface area contributed by atoms with E-state index in [0.717, 1.165) is 6.20 Å². The van der Waals surface area contributed by atoms with Crippen molar-refractivity contribution in [2.45, 2.75) is 13.3 Å². The third-order valence-electron chi connectivity index (χ3n) is 1.88. The van der Waals surface area contributed by atoms with E-state index < -0.39 is 17.2 Å². The maximum Gasteiger partial charge on any atom is 0.271 e. The summed E-state index contributed by atoms with van der Waals surface area (Å²) in [6, 6.07) is 1.61. The van der Waals surface area contributed by atoms with Gasteiger partial charge >= 0.3 is 0 Å². The topological polar surface area (TPSA) is 53.8 Å². The van der Waals surface area contributed by atoms with Crippen molar-refractivity contribution in [1.82, 2.24) is 4.98 Å². The second kappa shape index (κ2) is 4.32. The molecule has 0 saturated carbocycles. The Morgan fingerprint density at radius 2 is 2.27 bits per heavy atom. The van der Waals surface area contributed by atoms with Crippen molar-refractivity contribution < 1.29 is 13.6 Å². The number of hydrogen-bond donors (Lipinski definition) is 0. The van der Waals surface area contributed by atoms with Crippen LogP contribution >= 0.6 is 11.6 Å². The van der Waals surface area contributed by atoms with Crippen LogP contribution in [0.4, 0.5) is 8.78 Å². The summed E-state index contributed by atoms with van der Waals surface area (Å²) in [7, 11) is 0. The van der Waals surface area contributed by atoms with Crippen molar-refractivity contribution in [3.63, 3.8) is 0 Å². The Bertz CT molecular complexity index is 454. The zero-order valence-electron chi connectivity index (χ0n) is 7.59. The van der Waals surface area contributed by atoms with Crippen molar-refractivity contribution in [2.75, 3.05) is 0 Å². The first-order valence-corrected chi connectivity index (χ1v) is 4.24. The van der Waals surface area contributed by atoms with Crippen LogP contribution in [0.3, 0.4) is 0 Å². The predicted molar refractivity (Wildman–Crippen MR) is 48.8 cm³/mol. The van der Waals surface area contributed by atoms with Crippen LogP contribution in [0.1, 0.15) is 33.6 Å². The largest absolute Gasteiger partial charge is 0.274 e. The minimum absolute atomic E-state index is 0.0790. The van der Waals surface area contributed by atoms with Crippen LogP contribution in [-0.2, 0) is 0 Å². The second-order valence-corrected chi connectivity index (χ2v) is 3.09. The van der Waals surface area contributed by atoms with E-state index in [2.05, 4.69) is 4.98 Å². The lowest BCUT2D eigenvalue weighted by Gasteiger charge is -2.07. The molecular weight excluding hydrogens is 226 g/mol. The van der Waals surface area contributed by atoms with Gasteiger partial charge in [0.25, 0.3) is 11.7 Å². The van der Waals surface area contributed by atoms with Crippen molar-refractivity contribution in [3.8, 4) is 6.07 Å². The van der Waals surface area contributed by atoms with E-state index in [1.807, 2.05) is 0 Å². The van der Waals surface area contributed by atoms with E-state index in [9.17, 15) is 13.6 Å². The number of aromatic nitrogens is 1. The Labute approximate surface area is 89.3 Å². The van der Waals surface area contributed by atoms with E-state index in [0.29, 0.717) is 0 Å². The molecule has 6 heteroatoms. The Hall–Kier alpha value is -1.54. The summed E-state index contributed by atoms with van der Waals surface area (Å²) in [6.45, 7) is 1.35. The molecule has 0 atom stereocenters. The van der Waals surface area contributed by atoms with Gasteiger partial charge in [0, 0.05) is 6.20 Å². The van der Waals surface area contributed by atoms with Gasteiger partial charge in [0.15, 0.2) is 0 Å². The number of hydrogen-bond acceptors (Lipinski definition) is 3. The Balaban J connectivity index is 3.48. The highest BCUT2D eigenvalue weighted by molar-refractivity contribution is 6.67. The summed E-state index contributed by atoms with van der Waals surface area (Å²) in [5.74, 6) is 0. The van der Waals surface area contributed by atoms with Crippen LogP contribution in [0.25, 0.3) is 0 Å². The Morgan fingerprint density at radius 1 is 1.67 bits per heavy atom. The monoisotopic (exact) mass is 230 g/mol. The zero-order chi connectivity index (χ0) is 11.6. The molecule has 3 nitrogen and oxygen atoms in total. The normalized spacial score (nSPS) is 10.1. The highest BCUT2D eigenvalue weighted by Crippen LogP contribution is 2.25. The summed E-state index contributed by atoms with van der Waals surface area (Å²) in [5.41, 5.74) is -0.825. The quantitative estimate of drug-likeness (QED) is 0.734. The standard InChI is InChI=1S/C9H5ClF2N2O/c1-4-5(2-13)6(9(11)12)3-14-7(4)8(10)15/h3,9H,1H3. The lowest BCUT2D eigenvalue weighted by Crippen LogP contribution is -2.04. The molecule has 1 aromatic heterocycles. The molecule has 0 N–H and O–H groups in total. The molecule has 0 aliphatic carbocycles. The molecular formula is C9H5ClF2N2O. The number of nitriles is 1. The number of rotatable bonds is 2. The maximum absolute atomic E-state index is 12.4. The average Bonchev–Trinajstić information content (AvgIpc) is 2.16. The molecule has 15 heavy (non-hydrogen) atoms. The molecule has 0 radical (unpaired) electrons. The molecule has 0 bridgehead atoms. The van der Waals surface area contributed by atoms with Crippen LogP contribution in [-0.4, -0.2) is 10.2 Å². The number of carbonyl (C=O) groups is 1. The molecule has 1 aromatic rings. The van der Waals surface area contributed by atoms with E-state index in [1.54, 1.807) is 6.07 Å². The van der Waals surface area contributed by atoms with E-state index in [4.69, 9.17) is 16.9 Å². The zero-order valence-corrected chi connectivity index (χ0v) is 8.35. The van der Waals surface area contributed by atoms with Crippen molar-refractivity contribution >= 4 is 16.8 Å². The third kappa shape index (κ3) is 2.10. The summed E-state index contributed by atoms with van der Waals surface area (Å²) >= 11 is 5.17. The first-order chi connectivity index (χ1) is 6.99. The van der Waals surface area contributed by atoms with Gasteiger partial charge in [-0.05, 0) is 24.1 Å². The predicted octanol–water partition coefficient (Wildman–Crippen LogP) is 2.58. The fraction of sp³-hybridized carbons (Fsp3) is 0.222. The summed E-state index contributed by atoms with van der Waals surface area (Å²) < 4.78 is 24.8. The van der Waals surface area contributed by atoms with E-state index >= 15 is 0 Å². The van der Waals surface area contributed by atoms with E-state index in [1.165, 1.54) is 6.92 Å². The van der Waals surface area contributed by atoms with Crippen molar-refractivity contribution in [1.29, 1.82) is 5.26 Å². The highest BCUT2D eigenvalue weighted by atomic mass is 35.5. The molecule has 0 aliphatic heterocycles. The summed E-state index contributed by atoms with van der Waals surface area (Å²) in [5, 5.41) is 7.82. The van der Waals surface area contributed by atoms with Gasteiger partial charge in [0.1, 0.15) is 11.8 Å². The molecule has 0 fully saturated rings. The molecule has 1 heterocycles. The molecule has 0 aromatic carbocycles. The van der Waals surface area contributed by atoms with Gasteiger partial charge in [-0.2, -0.15) is 5.26 Å². The molecule has 0 spiro atoms. The minimum atomic E-state index is -2.80. The van der Waals surface area contributed by atoms with Gasteiger partial charge in [-0.3, -0.25) is 9.78 Å². The van der Waals surface area contributed by atoms with Crippen LogP contribution in [0.5, 0.6) is 0 Å². The van der Waals surface area contributed by atoms with Gasteiger partial charge in [-0.1, -0.05) is 0 Å². The smallest absolute Gasteiger partial charge is 0.271 e. The van der Waals surface area contributed by atoms with Gasteiger partial charge < -0.3 is 0 Å². The van der Waals surface area contributed by atoms with Gasteiger partial charge in [0.2, 0.25) is 0 Å². The first-order valence-electron chi connectivity index (χ1n) is 3.86. The van der Waals surface area contributed by atoms with Crippen molar-refractivity contribution in [3.05, 3.63) is 28.6 Å². The second-order valence-electron chi connectivity index (χ2n) is 2.75. The Kier molecular flexibility index (Phi) is 3.32. The number of nitrogens with zero attached hydrogens (tertiary/aromatic N) is 2. The first kappa shape index (κ1) is 11.5. The highest BCUT2D eigenvalue weighted by Gasteiger charge is 2.20. The molecule has 0 aliphatic rings. The molecule has 0 amide bonds. The van der Waals surface area contributed by atoms with Crippen LogP contribution in [0.15, 0.2) is 6.20 Å². The van der Waals surface area contributed by atoms with Gasteiger partial charge in [-0.15, -0.1) is 0 Å². The average molecular weight is 231 g/mol. The molecule has 78 valence electrons. The number of carbonyl (C=O) groups excluding carboxylic acids is 1. The summed E-state index contributed by atoms with van der Waals surface area (Å²) in [6.07, 6.45) is -2.00. The fourth-order valence-electron chi connectivity index (χ4n) is 1.14. The van der Waals surface area contributed by atoms with Gasteiger partial charge in [-0.25, -0.2) is 8.78 Å². The lowest BCUT2D eigenvalue weighted by atomic mass is 10.0. The van der Waals surface area contributed by atoms with E-state index in [-0.39, 0.29) is 16.8 Å². The van der Waals surface area contributed by atoms with Crippen LogP contribution < -0.4 is 0 Å². The van der Waals surface area contributed by atoms with Crippen molar-refractivity contribution in [2.24, 2.45) is 0 Å². The third-order valence-corrected chi connectivity index (χ3v) is 2.06. The minimum Gasteiger partial charge on any atom is -0.274 e. The maximum atomic E-state index is 12.4. The Morgan fingerprint density at radius 3 is 2.67 bits per heavy atom. The van der Waals surface area contributed by atoms with Gasteiger partial charge in [0.05, 0.1) is 11.1 Å².